The Morgan fingerprint density at radius 3 is 2.77 bits per heavy atom. The van der Waals surface area contributed by atoms with Crippen LogP contribution in [0, 0.1) is 16.7 Å². The van der Waals surface area contributed by atoms with E-state index in [1.165, 1.54) is 4.31 Å². The van der Waals surface area contributed by atoms with Crippen molar-refractivity contribution < 1.29 is 17.9 Å². The molecule has 142 valence electrons. The predicted molar refractivity (Wildman–Crippen MR) is 95.0 cm³/mol. The van der Waals surface area contributed by atoms with E-state index in [0.717, 1.165) is 6.42 Å². The quantitative estimate of drug-likeness (QED) is 0.773. The molecule has 1 aliphatic heterocycles. The van der Waals surface area contributed by atoms with Crippen LogP contribution in [0.25, 0.3) is 0 Å². The van der Waals surface area contributed by atoms with Crippen LogP contribution in [-0.4, -0.2) is 53.6 Å². The summed E-state index contributed by atoms with van der Waals surface area (Å²) in [5.41, 5.74) is -0.966. The number of sulfonamides is 1. The molecule has 4 rings (SSSR count). The van der Waals surface area contributed by atoms with Gasteiger partial charge in [0, 0.05) is 30.6 Å². The molecular weight excluding hydrogens is 354 g/mol. The Kier molecular flexibility index (Phi) is 4.11. The molecule has 3 atom stereocenters. The molecule has 2 saturated carbocycles. The molecule has 0 spiro atoms. The highest BCUT2D eigenvalue weighted by atomic mass is 32.2. The van der Waals surface area contributed by atoms with Crippen molar-refractivity contribution in [2.45, 2.75) is 45.6 Å². The summed E-state index contributed by atoms with van der Waals surface area (Å²) in [7, 11) is -3.52. The molecule has 3 aliphatic rings. The third-order valence-electron chi connectivity index (χ3n) is 6.90. The van der Waals surface area contributed by atoms with Gasteiger partial charge in [0.15, 0.2) is 0 Å². The fraction of sp³-hybridized carbons (Fsp3) is 0.722. The number of fused-ring (bicyclic) bond motifs is 2. The van der Waals surface area contributed by atoms with E-state index in [0.29, 0.717) is 44.1 Å². The Morgan fingerprint density at radius 2 is 2.15 bits per heavy atom. The van der Waals surface area contributed by atoms with Crippen LogP contribution in [-0.2, 0) is 14.8 Å². The van der Waals surface area contributed by atoms with Crippen LogP contribution in [0.2, 0.25) is 0 Å². The summed E-state index contributed by atoms with van der Waals surface area (Å²) in [6.07, 6.45) is 4.11. The second kappa shape index (κ2) is 5.99. The lowest BCUT2D eigenvalue weighted by Crippen LogP contribution is -2.46. The number of nitrogens with zero attached hydrogens (tertiary/aromatic N) is 3. The summed E-state index contributed by atoms with van der Waals surface area (Å²) in [5.74, 6) is 0.784. The van der Waals surface area contributed by atoms with Gasteiger partial charge in [-0.3, -0.25) is 4.79 Å². The molecule has 0 aromatic carbocycles. The number of rotatable bonds is 5. The number of ether oxygens (including phenoxy) is 1. The van der Waals surface area contributed by atoms with Crippen molar-refractivity contribution in [3.8, 4) is 5.88 Å². The van der Waals surface area contributed by atoms with Crippen LogP contribution >= 0.6 is 0 Å². The minimum absolute atomic E-state index is 0.0693. The van der Waals surface area contributed by atoms with E-state index in [-0.39, 0.29) is 23.1 Å². The van der Waals surface area contributed by atoms with Crippen LogP contribution in [0.15, 0.2) is 18.3 Å². The molecule has 8 heteroatoms. The van der Waals surface area contributed by atoms with Crippen molar-refractivity contribution in [2.75, 3.05) is 18.8 Å². The van der Waals surface area contributed by atoms with Crippen molar-refractivity contribution in [3.05, 3.63) is 18.3 Å². The molecule has 1 aromatic heterocycles. The van der Waals surface area contributed by atoms with E-state index in [1.807, 2.05) is 0 Å². The zero-order valence-corrected chi connectivity index (χ0v) is 16.0. The monoisotopic (exact) mass is 379 g/mol. The van der Waals surface area contributed by atoms with Gasteiger partial charge in [-0.15, -0.1) is 5.10 Å². The smallest absolute Gasteiger partial charge is 0.233 e. The van der Waals surface area contributed by atoms with Gasteiger partial charge < -0.3 is 4.74 Å². The van der Waals surface area contributed by atoms with Gasteiger partial charge in [-0.25, -0.2) is 8.42 Å². The second-order valence-electron chi connectivity index (χ2n) is 8.37. The van der Waals surface area contributed by atoms with E-state index in [2.05, 4.69) is 24.0 Å². The van der Waals surface area contributed by atoms with Crippen molar-refractivity contribution in [3.63, 3.8) is 0 Å². The first-order valence-electron chi connectivity index (χ1n) is 9.20. The van der Waals surface area contributed by atoms with Gasteiger partial charge >= 0.3 is 0 Å². The number of hydrogen-bond acceptors (Lipinski definition) is 6. The van der Waals surface area contributed by atoms with E-state index < -0.39 is 15.4 Å². The number of aromatic nitrogens is 2. The lowest BCUT2D eigenvalue weighted by molar-refractivity contribution is -0.128. The number of carbonyl (C=O) groups is 1. The third-order valence-corrected chi connectivity index (χ3v) is 8.88. The molecule has 0 amide bonds. The Morgan fingerprint density at radius 1 is 1.35 bits per heavy atom. The highest BCUT2D eigenvalue weighted by Gasteiger charge is 2.65. The molecule has 3 unspecified atom stereocenters. The maximum Gasteiger partial charge on any atom is 0.233 e. The molecule has 2 heterocycles. The molecule has 7 nitrogen and oxygen atoms in total. The summed E-state index contributed by atoms with van der Waals surface area (Å²) in [6, 6.07) is 3.44. The van der Waals surface area contributed by atoms with Gasteiger partial charge in [0.1, 0.15) is 11.9 Å². The van der Waals surface area contributed by atoms with E-state index in [4.69, 9.17) is 4.74 Å². The van der Waals surface area contributed by atoms with Crippen LogP contribution in [0.4, 0.5) is 0 Å². The maximum absolute atomic E-state index is 13.1. The molecule has 1 saturated heterocycles. The first-order valence-corrected chi connectivity index (χ1v) is 10.8. The van der Waals surface area contributed by atoms with Crippen molar-refractivity contribution in [1.82, 2.24) is 14.5 Å². The van der Waals surface area contributed by atoms with Gasteiger partial charge in [-0.05, 0) is 36.7 Å². The maximum atomic E-state index is 13.1. The fourth-order valence-corrected chi connectivity index (χ4v) is 7.34. The zero-order chi connectivity index (χ0) is 18.6. The van der Waals surface area contributed by atoms with E-state index in [9.17, 15) is 13.2 Å². The average Bonchev–Trinajstić information content (AvgIpc) is 3.19. The zero-order valence-electron chi connectivity index (χ0n) is 15.2. The summed E-state index contributed by atoms with van der Waals surface area (Å²) in [5, 5.41) is 7.65. The minimum Gasteiger partial charge on any atom is -0.472 e. The molecule has 3 fully saturated rings. The van der Waals surface area contributed by atoms with Crippen LogP contribution in [0.3, 0.4) is 0 Å². The summed E-state index contributed by atoms with van der Waals surface area (Å²) < 4.78 is 33.4. The predicted octanol–water partition coefficient (Wildman–Crippen LogP) is 1.65. The number of Topliss-reactive ketones (excluding diaryl/α,β-unsaturated/α-hetero) is 1. The standard InChI is InChI=1S/C18H25N3O4S/c1-17(2)13-5-7-18(17,15(22)10-13)12-26(23,24)21-9-6-14(11-21)25-16-4-3-8-19-20-16/h3-4,8,13-14H,5-7,9-12H2,1-2H3. The topological polar surface area (TPSA) is 89.5 Å². The van der Waals surface area contributed by atoms with Crippen LogP contribution in [0.1, 0.15) is 39.5 Å². The molecule has 0 radical (unpaired) electrons. The molecule has 0 N–H and O–H groups in total. The van der Waals surface area contributed by atoms with Crippen molar-refractivity contribution in [2.24, 2.45) is 16.7 Å². The average molecular weight is 379 g/mol. The molecule has 1 aromatic rings. The van der Waals surface area contributed by atoms with Crippen LogP contribution < -0.4 is 4.74 Å². The number of ketones is 1. The van der Waals surface area contributed by atoms with Crippen molar-refractivity contribution in [1.29, 1.82) is 0 Å². The van der Waals surface area contributed by atoms with Gasteiger partial charge in [0.2, 0.25) is 15.9 Å². The SMILES string of the molecule is CC1(C)C2CCC1(CS(=O)(=O)N1CCC(Oc3cccnn3)C1)C(=O)C2. The lowest BCUT2D eigenvalue weighted by atomic mass is 9.70. The second-order valence-corrected chi connectivity index (χ2v) is 10.3. The first kappa shape index (κ1) is 17.9. The van der Waals surface area contributed by atoms with E-state index in [1.54, 1.807) is 18.3 Å². The number of hydrogen-bond donors (Lipinski definition) is 0. The summed E-state index contributed by atoms with van der Waals surface area (Å²) in [4.78, 5) is 12.6. The van der Waals surface area contributed by atoms with Gasteiger partial charge in [-0.1, -0.05) is 13.8 Å². The summed E-state index contributed by atoms with van der Waals surface area (Å²) in [6.45, 7) is 4.85. The molecule has 26 heavy (non-hydrogen) atoms. The van der Waals surface area contributed by atoms with Crippen LogP contribution in [0.5, 0.6) is 5.88 Å². The van der Waals surface area contributed by atoms with Gasteiger partial charge in [0.05, 0.1) is 12.3 Å². The molecule has 2 aliphatic carbocycles. The van der Waals surface area contributed by atoms with Gasteiger partial charge in [-0.2, -0.15) is 9.40 Å². The normalized spacial score (nSPS) is 33.7. The highest BCUT2D eigenvalue weighted by Crippen LogP contribution is 2.64. The minimum atomic E-state index is -3.52. The molecule has 2 bridgehead atoms. The van der Waals surface area contributed by atoms with Gasteiger partial charge in [0.25, 0.3) is 0 Å². The largest absolute Gasteiger partial charge is 0.472 e. The number of carbonyl (C=O) groups excluding carboxylic acids is 1. The first-order chi connectivity index (χ1) is 12.2. The van der Waals surface area contributed by atoms with Crippen molar-refractivity contribution >= 4 is 15.8 Å². The lowest BCUT2D eigenvalue weighted by Gasteiger charge is -2.37. The Balaban J connectivity index is 1.47. The molecular formula is C18H25N3O4S. The Labute approximate surface area is 154 Å². The summed E-state index contributed by atoms with van der Waals surface area (Å²) >= 11 is 0. The Hall–Kier alpha value is -1.54. The third kappa shape index (κ3) is 2.65. The highest BCUT2D eigenvalue weighted by molar-refractivity contribution is 7.89. The van der Waals surface area contributed by atoms with E-state index >= 15 is 0 Å². The Bertz CT molecular complexity index is 811. The fourth-order valence-electron chi connectivity index (χ4n) is 5.08.